The van der Waals surface area contributed by atoms with Crippen molar-refractivity contribution in [2.24, 2.45) is 0 Å². The van der Waals surface area contributed by atoms with E-state index >= 15 is 0 Å². The zero-order valence-corrected chi connectivity index (χ0v) is 14.7. The van der Waals surface area contributed by atoms with Crippen molar-refractivity contribution in [3.63, 3.8) is 0 Å². The van der Waals surface area contributed by atoms with E-state index in [9.17, 15) is 4.79 Å². The van der Waals surface area contributed by atoms with Crippen LogP contribution < -0.4 is 15.6 Å². The zero-order chi connectivity index (χ0) is 17.9. The minimum absolute atomic E-state index is 0.0447. The Morgan fingerprint density at radius 3 is 2.88 bits per heavy atom. The Balaban J connectivity index is 1.72. The van der Waals surface area contributed by atoms with Crippen molar-refractivity contribution < 1.29 is 9.15 Å². The Labute approximate surface area is 152 Å². The molecule has 0 spiro atoms. The third-order valence-electron chi connectivity index (χ3n) is 4.98. The predicted molar refractivity (Wildman–Crippen MR) is 99.4 cm³/mol. The standard InChI is InChI=1S/C21H22N2O3/c1-25-18-9-3-2-6-15(18)21(19-10-5-13-26-19)23-17-8-4-7-16-14(17)11-12-20(24)22-16/h2-3,5-6,9-13,17,21,23H,4,7-8H2,1H3,(H,22,24)/t17-,21+/m0/s1. The number of fused-ring (bicyclic) bond motifs is 1. The van der Waals surface area contributed by atoms with Crippen molar-refractivity contribution in [1.82, 2.24) is 10.3 Å². The third-order valence-corrected chi connectivity index (χ3v) is 4.98. The fraction of sp³-hybridized carbons (Fsp3) is 0.286. The molecule has 5 heteroatoms. The summed E-state index contributed by atoms with van der Waals surface area (Å²) in [6.45, 7) is 0. The second-order valence-electron chi connectivity index (χ2n) is 6.56. The van der Waals surface area contributed by atoms with Gasteiger partial charge in [0.25, 0.3) is 0 Å². The molecule has 3 aromatic rings. The lowest BCUT2D eigenvalue weighted by Gasteiger charge is -2.30. The van der Waals surface area contributed by atoms with Gasteiger partial charge in [-0.05, 0) is 43.0 Å². The molecule has 0 fully saturated rings. The monoisotopic (exact) mass is 350 g/mol. The summed E-state index contributed by atoms with van der Waals surface area (Å²) in [5.74, 6) is 1.66. The molecular formula is C21H22N2O3. The van der Waals surface area contributed by atoms with Gasteiger partial charge in [-0.1, -0.05) is 24.3 Å². The molecule has 1 aliphatic rings. The van der Waals surface area contributed by atoms with Crippen LogP contribution in [-0.4, -0.2) is 12.1 Å². The molecule has 5 nitrogen and oxygen atoms in total. The molecule has 2 aromatic heterocycles. The van der Waals surface area contributed by atoms with Crippen LogP contribution in [0.5, 0.6) is 5.75 Å². The highest BCUT2D eigenvalue weighted by Gasteiger charge is 2.27. The molecule has 1 aromatic carbocycles. The fourth-order valence-corrected chi connectivity index (χ4v) is 3.76. The number of rotatable bonds is 5. The molecule has 2 N–H and O–H groups in total. The number of nitrogens with one attached hydrogen (secondary N) is 2. The number of ether oxygens (including phenoxy) is 1. The van der Waals surface area contributed by atoms with Crippen LogP contribution in [0.25, 0.3) is 0 Å². The van der Waals surface area contributed by atoms with Gasteiger partial charge in [-0.2, -0.15) is 0 Å². The largest absolute Gasteiger partial charge is 0.496 e. The van der Waals surface area contributed by atoms with Gasteiger partial charge in [-0.3, -0.25) is 10.1 Å². The van der Waals surface area contributed by atoms with Gasteiger partial charge in [0.05, 0.1) is 19.4 Å². The highest BCUT2D eigenvalue weighted by molar-refractivity contribution is 5.40. The van der Waals surface area contributed by atoms with Crippen molar-refractivity contribution in [2.45, 2.75) is 31.3 Å². The number of hydrogen-bond donors (Lipinski definition) is 2. The highest BCUT2D eigenvalue weighted by Crippen LogP contribution is 2.35. The van der Waals surface area contributed by atoms with Crippen LogP contribution in [0.2, 0.25) is 0 Å². The number of H-pyrrole nitrogens is 1. The maximum atomic E-state index is 11.7. The number of pyridine rings is 1. The number of para-hydroxylation sites is 1. The lowest BCUT2D eigenvalue weighted by Crippen LogP contribution is -2.31. The summed E-state index contributed by atoms with van der Waals surface area (Å²) in [6.07, 6.45) is 4.63. The first-order valence-electron chi connectivity index (χ1n) is 8.90. The van der Waals surface area contributed by atoms with Crippen molar-refractivity contribution in [3.8, 4) is 5.75 Å². The van der Waals surface area contributed by atoms with Gasteiger partial charge in [0, 0.05) is 23.4 Å². The van der Waals surface area contributed by atoms with Gasteiger partial charge in [-0.25, -0.2) is 0 Å². The van der Waals surface area contributed by atoms with E-state index < -0.39 is 0 Å². The summed E-state index contributed by atoms with van der Waals surface area (Å²) < 4.78 is 11.3. The molecule has 0 aliphatic heterocycles. The molecule has 2 heterocycles. The first kappa shape index (κ1) is 16.7. The van der Waals surface area contributed by atoms with E-state index in [0.29, 0.717) is 0 Å². The molecule has 4 rings (SSSR count). The quantitative estimate of drug-likeness (QED) is 0.736. The van der Waals surface area contributed by atoms with E-state index in [1.54, 1.807) is 19.4 Å². The molecule has 0 bridgehead atoms. The Morgan fingerprint density at radius 1 is 1.19 bits per heavy atom. The number of aromatic nitrogens is 1. The van der Waals surface area contributed by atoms with E-state index in [0.717, 1.165) is 47.6 Å². The van der Waals surface area contributed by atoms with Crippen LogP contribution in [-0.2, 0) is 6.42 Å². The zero-order valence-electron chi connectivity index (χ0n) is 14.7. The van der Waals surface area contributed by atoms with Crippen LogP contribution in [0.1, 0.15) is 47.5 Å². The summed E-state index contributed by atoms with van der Waals surface area (Å²) in [5, 5.41) is 3.73. The number of hydrogen-bond acceptors (Lipinski definition) is 4. The molecule has 0 unspecified atom stereocenters. The van der Waals surface area contributed by atoms with Crippen LogP contribution in [0.3, 0.4) is 0 Å². The van der Waals surface area contributed by atoms with Gasteiger partial charge >= 0.3 is 0 Å². The van der Waals surface area contributed by atoms with Gasteiger partial charge in [0.1, 0.15) is 11.5 Å². The Kier molecular flexibility index (Phi) is 4.63. The van der Waals surface area contributed by atoms with Crippen LogP contribution in [0.15, 0.2) is 64.0 Å². The summed E-state index contributed by atoms with van der Waals surface area (Å²) in [7, 11) is 1.68. The lowest BCUT2D eigenvalue weighted by atomic mass is 9.89. The Morgan fingerprint density at radius 2 is 2.08 bits per heavy atom. The van der Waals surface area contributed by atoms with Crippen LogP contribution in [0.4, 0.5) is 0 Å². The molecule has 0 saturated heterocycles. The van der Waals surface area contributed by atoms with Crippen molar-refractivity contribution in [3.05, 3.63) is 87.7 Å². The van der Waals surface area contributed by atoms with Crippen LogP contribution >= 0.6 is 0 Å². The summed E-state index contributed by atoms with van der Waals surface area (Å²) in [5.41, 5.74) is 3.17. The summed E-state index contributed by atoms with van der Waals surface area (Å²) >= 11 is 0. The average Bonchev–Trinajstić information content (AvgIpc) is 3.20. The molecular weight excluding hydrogens is 328 g/mol. The fourth-order valence-electron chi connectivity index (χ4n) is 3.76. The Hall–Kier alpha value is -2.79. The van der Waals surface area contributed by atoms with Gasteiger partial charge in [-0.15, -0.1) is 0 Å². The molecule has 1 aliphatic carbocycles. The Bertz CT molecular complexity index is 930. The van der Waals surface area contributed by atoms with Crippen molar-refractivity contribution >= 4 is 0 Å². The molecule has 0 radical (unpaired) electrons. The average molecular weight is 350 g/mol. The lowest BCUT2D eigenvalue weighted by molar-refractivity contribution is 0.361. The number of aryl methyl sites for hydroxylation is 1. The van der Waals surface area contributed by atoms with E-state index in [1.807, 2.05) is 36.4 Å². The van der Waals surface area contributed by atoms with E-state index in [4.69, 9.17) is 9.15 Å². The van der Waals surface area contributed by atoms with E-state index in [1.165, 1.54) is 0 Å². The van der Waals surface area contributed by atoms with Crippen molar-refractivity contribution in [1.29, 1.82) is 0 Å². The second-order valence-corrected chi connectivity index (χ2v) is 6.56. The highest BCUT2D eigenvalue weighted by atomic mass is 16.5. The molecule has 0 saturated carbocycles. The normalized spacial score (nSPS) is 17.5. The summed E-state index contributed by atoms with van der Waals surface area (Å²) in [6, 6.07) is 15.4. The SMILES string of the molecule is COc1ccccc1[C@@H](N[C@H]1CCCc2[nH]c(=O)ccc21)c1ccco1. The van der Waals surface area contributed by atoms with Crippen LogP contribution in [0, 0.1) is 0 Å². The minimum atomic E-state index is -0.135. The predicted octanol–water partition coefficient (Wildman–Crippen LogP) is 3.73. The smallest absolute Gasteiger partial charge is 0.248 e. The third kappa shape index (κ3) is 3.18. The molecule has 2 atom stereocenters. The first-order valence-corrected chi connectivity index (χ1v) is 8.90. The summed E-state index contributed by atoms with van der Waals surface area (Å²) in [4.78, 5) is 14.6. The van der Waals surface area contributed by atoms with E-state index in [2.05, 4.69) is 16.4 Å². The molecule has 134 valence electrons. The molecule has 26 heavy (non-hydrogen) atoms. The van der Waals surface area contributed by atoms with Gasteiger partial charge < -0.3 is 14.1 Å². The number of aromatic amines is 1. The molecule has 0 amide bonds. The number of benzene rings is 1. The first-order chi connectivity index (χ1) is 12.8. The number of methoxy groups -OCH3 is 1. The number of furan rings is 1. The minimum Gasteiger partial charge on any atom is -0.496 e. The maximum Gasteiger partial charge on any atom is 0.248 e. The van der Waals surface area contributed by atoms with Gasteiger partial charge in [0.2, 0.25) is 5.56 Å². The van der Waals surface area contributed by atoms with E-state index in [-0.39, 0.29) is 17.6 Å². The van der Waals surface area contributed by atoms with Crippen molar-refractivity contribution in [2.75, 3.05) is 7.11 Å². The topological polar surface area (TPSA) is 67.3 Å². The maximum absolute atomic E-state index is 11.7. The van der Waals surface area contributed by atoms with Gasteiger partial charge in [0.15, 0.2) is 0 Å². The second kappa shape index (κ2) is 7.22.